The van der Waals surface area contributed by atoms with Gasteiger partial charge in [0.2, 0.25) is 0 Å². The van der Waals surface area contributed by atoms with Crippen molar-refractivity contribution in [3.8, 4) is 5.75 Å². The highest BCUT2D eigenvalue weighted by atomic mass is 16.5. The second-order valence-corrected chi connectivity index (χ2v) is 7.95. The summed E-state index contributed by atoms with van der Waals surface area (Å²) in [4.78, 5) is 31.1. The largest absolute Gasteiger partial charge is 0.507 e. The number of aryl methyl sites for hydroxylation is 1. The molecular weight excluding hydrogens is 396 g/mol. The molecule has 1 amide bonds. The third-order valence-corrected chi connectivity index (χ3v) is 5.12. The molecule has 31 heavy (non-hydrogen) atoms. The van der Waals surface area contributed by atoms with Gasteiger partial charge in [-0.3, -0.25) is 14.6 Å². The van der Waals surface area contributed by atoms with Crippen LogP contribution in [-0.4, -0.2) is 53.5 Å². The van der Waals surface area contributed by atoms with Gasteiger partial charge < -0.3 is 19.5 Å². The number of ketones is 1. The summed E-state index contributed by atoms with van der Waals surface area (Å²) in [6, 6.07) is 7.99. The minimum absolute atomic E-state index is 0.0579. The summed E-state index contributed by atoms with van der Waals surface area (Å²) in [5.74, 6) is -0.479. The number of rotatable bonds is 8. The van der Waals surface area contributed by atoms with Crippen LogP contribution in [0.4, 0.5) is 0 Å². The minimum Gasteiger partial charge on any atom is -0.507 e. The van der Waals surface area contributed by atoms with Gasteiger partial charge in [-0.05, 0) is 54.3 Å². The first-order valence-corrected chi connectivity index (χ1v) is 10.3. The number of nitrogens with zero attached hydrogens (tertiary/aromatic N) is 2. The Labute approximate surface area is 182 Å². The van der Waals surface area contributed by atoms with E-state index in [0.29, 0.717) is 23.7 Å². The molecule has 7 heteroatoms. The van der Waals surface area contributed by atoms with Crippen molar-refractivity contribution in [2.24, 2.45) is 5.92 Å². The molecule has 0 bridgehead atoms. The lowest BCUT2D eigenvalue weighted by Gasteiger charge is -2.24. The Bertz CT molecular complexity index is 985. The smallest absolute Gasteiger partial charge is 0.295 e. The van der Waals surface area contributed by atoms with Crippen molar-refractivity contribution < 1.29 is 24.2 Å². The Hall–Kier alpha value is -3.19. The lowest BCUT2D eigenvalue weighted by atomic mass is 9.95. The normalized spacial score (nSPS) is 18.1. The molecule has 164 valence electrons. The highest BCUT2D eigenvalue weighted by molar-refractivity contribution is 6.46. The molecule has 1 aliphatic heterocycles. The molecule has 1 aromatic carbocycles. The Kier molecular flexibility index (Phi) is 7.07. The molecule has 1 saturated heterocycles. The van der Waals surface area contributed by atoms with Gasteiger partial charge in [0.25, 0.3) is 11.7 Å². The molecule has 7 nitrogen and oxygen atoms in total. The first-order chi connectivity index (χ1) is 14.8. The van der Waals surface area contributed by atoms with Gasteiger partial charge in [-0.2, -0.15) is 0 Å². The van der Waals surface area contributed by atoms with Crippen molar-refractivity contribution in [2.75, 3.05) is 26.9 Å². The predicted octanol–water partition coefficient (Wildman–Crippen LogP) is 3.49. The second kappa shape index (κ2) is 9.75. The van der Waals surface area contributed by atoms with Crippen molar-refractivity contribution in [1.82, 2.24) is 9.88 Å². The molecule has 0 unspecified atom stereocenters. The average molecular weight is 424 g/mol. The molecule has 0 saturated carbocycles. The van der Waals surface area contributed by atoms with Crippen LogP contribution in [0, 0.1) is 12.8 Å². The third-order valence-electron chi connectivity index (χ3n) is 5.12. The van der Waals surface area contributed by atoms with Crippen LogP contribution >= 0.6 is 0 Å². The van der Waals surface area contributed by atoms with Crippen LogP contribution in [0.5, 0.6) is 5.75 Å². The third kappa shape index (κ3) is 4.77. The van der Waals surface area contributed by atoms with E-state index in [1.165, 1.54) is 12.0 Å². The van der Waals surface area contributed by atoms with E-state index in [9.17, 15) is 14.7 Å². The average Bonchev–Trinajstić information content (AvgIpc) is 3.01. The number of aromatic nitrogens is 1. The molecule has 1 aliphatic rings. The van der Waals surface area contributed by atoms with Crippen molar-refractivity contribution in [3.63, 3.8) is 0 Å². The van der Waals surface area contributed by atoms with Crippen molar-refractivity contribution in [1.29, 1.82) is 0 Å². The van der Waals surface area contributed by atoms with Crippen LogP contribution in [0.3, 0.4) is 0 Å². The van der Waals surface area contributed by atoms with Crippen LogP contribution in [-0.2, 0) is 14.3 Å². The fraction of sp³-hybridized carbons (Fsp3) is 0.375. The number of carbonyl (C=O) groups is 2. The molecule has 3 rings (SSSR count). The van der Waals surface area contributed by atoms with E-state index in [1.54, 1.807) is 42.7 Å². The molecule has 0 radical (unpaired) electrons. The van der Waals surface area contributed by atoms with Gasteiger partial charge in [0.1, 0.15) is 11.5 Å². The standard InChI is InChI=1S/C24H28N2O5/c1-15(2)14-31-19-6-5-18(13-16(19)3)22(27)20-21(17-7-9-25-10-8-17)26(11-12-30-4)24(29)23(20)28/h5-10,13,15,21,27H,11-12,14H2,1-4H3/b22-20+/t21-/m0/s1. The van der Waals surface area contributed by atoms with Gasteiger partial charge in [-0.15, -0.1) is 0 Å². The van der Waals surface area contributed by atoms with Gasteiger partial charge >= 0.3 is 0 Å². The number of carbonyl (C=O) groups excluding carboxylic acids is 2. The van der Waals surface area contributed by atoms with Gasteiger partial charge in [0.15, 0.2) is 0 Å². The number of aliphatic hydroxyl groups excluding tert-OH is 1. The van der Waals surface area contributed by atoms with Gasteiger partial charge in [0, 0.05) is 31.6 Å². The molecule has 1 fully saturated rings. The zero-order valence-electron chi connectivity index (χ0n) is 18.3. The van der Waals surface area contributed by atoms with Gasteiger partial charge in [0.05, 0.1) is 24.8 Å². The number of methoxy groups -OCH3 is 1. The molecule has 2 aromatic rings. The maximum Gasteiger partial charge on any atom is 0.295 e. The van der Waals surface area contributed by atoms with Crippen molar-refractivity contribution in [3.05, 3.63) is 65.0 Å². The van der Waals surface area contributed by atoms with Crippen LogP contribution in [0.15, 0.2) is 48.3 Å². The summed E-state index contributed by atoms with van der Waals surface area (Å²) < 4.78 is 10.9. The predicted molar refractivity (Wildman–Crippen MR) is 117 cm³/mol. The van der Waals surface area contributed by atoms with Crippen LogP contribution in [0.25, 0.3) is 5.76 Å². The molecule has 2 heterocycles. The number of pyridine rings is 1. The van der Waals surface area contributed by atoms with E-state index in [4.69, 9.17) is 9.47 Å². The van der Waals surface area contributed by atoms with Crippen molar-refractivity contribution >= 4 is 17.4 Å². The van der Waals surface area contributed by atoms with E-state index < -0.39 is 17.7 Å². The van der Waals surface area contributed by atoms with E-state index in [1.807, 2.05) is 6.92 Å². The van der Waals surface area contributed by atoms with E-state index in [0.717, 1.165) is 11.3 Å². The summed E-state index contributed by atoms with van der Waals surface area (Å²) in [5.41, 5.74) is 2.04. The zero-order valence-corrected chi connectivity index (χ0v) is 18.3. The first-order valence-electron chi connectivity index (χ1n) is 10.3. The molecule has 0 aliphatic carbocycles. The van der Waals surface area contributed by atoms with E-state index in [-0.39, 0.29) is 24.5 Å². The van der Waals surface area contributed by atoms with Gasteiger partial charge in [-0.25, -0.2) is 0 Å². The maximum atomic E-state index is 12.9. The summed E-state index contributed by atoms with van der Waals surface area (Å²) in [5, 5.41) is 11.1. The maximum absolute atomic E-state index is 12.9. The molecular formula is C24H28N2O5. The summed E-state index contributed by atoms with van der Waals surface area (Å²) in [6.07, 6.45) is 3.19. The molecule has 1 atom stereocenters. The fourth-order valence-electron chi connectivity index (χ4n) is 3.56. The number of benzene rings is 1. The van der Waals surface area contributed by atoms with Gasteiger partial charge in [-0.1, -0.05) is 13.8 Å². The SMILES string of the molecule is COCCN1C(=O)C(=O)/C(=C(/O)c2ccc(OCC(C)C)c(C)c2)[C@@H]1c1ccncc1. The van der Waals surface area contributed by atoms with Crippen LogP contribution in [0.1, 0.15) is 36.6 Å². The van der Waals surface area contributed by atoms with Crippen LogP contribution < -0.4 is 4.74 Å². The van der Waals surface area contributed by atoms with E-state index >= 15 is 0 Å². The Morgan fingerprint density at radius 1 is 1.19 bits per heavy atom. The minimum atomic E-state index is -0.715. The number of amides is 1. The number of ether oxygens (including phenoxy) is 2. The van der Waals surface area contributed by atoms with E-state index in [2.05, 4.69) is 18.8 Å². The Morgan fingerprint density at radius 2 is 1.90 bits per heavy atom. The number of hydrogen-bond acceptors (Lipinski definition) is 6. The number of aliphatic hydroxyl groups is 1. The second-order valence-electron chi connectivity index (χ2n) is 7.95. The summed E-state index contributed by atoms with van der Waals surface area (Å²) >= 11 is 0. The fourth-order valence-corrected chi connectivity index (χ4v) is 3.56. The Balaban J connectivity index is 2.05. The lowest BCUT2D eigenvalue weighted by Crippen LogP contribution is -2.32. The Morgan fingerprint density at radius 3 is 2.52 bits per heavy atom. The zero-order chi connectivity index (χ0) is 22.5. The first kappa shape index (κ1) is 22.5. The molecule has 1 aromatic heterocycles. The summed E-state index contributed by atoms with van der Waals surface area (Å²) in [7, 11) is 1.53. The summed E-state index contributed by atoms with van der Waals surface area (Å²) in [6.45, 7) is 7.10. The highest BCUT2D eigenvalue weighted by Crippen LogP contribution is 2.39. The number of hydrogen-bond donors (Lipinski definition) is 1. The highest BCUT2D eigenvalue weighted by Gasteiger charge is 2.45. The number of Topliss-reactive ketones (excluding diaryl/α,β-unsaturated/α-hetero) is 1. The molecule has 0 spiro atoms. The number of likely N-dealkylation sites (tertiary alicyclic amines) is 1. The monoisotopic (exact) mass is 424 g/mol. The van der Waals surface area contributed by atoms with Crippen LogP contribution in [0.2, 0.25) is 0 Å². The quantitative estimate of drug-likeness (QED) is 0.396. The molecule has 1 N–H and O–H groups in total. The lowest BCUT2D eigenvalue weighted by molar-refractivity contribution is -0.140. The van der Waals surface area contributed by atoms with Crippen molar-refractivity contribution in [2.45, 2.75) is 26.8 Å². The topological polar surface area (TPSA) is 89.0 Å².